The van der Waals surface area contributed by atoms with Crippen molar-refractivity contribution in [3.63, 3.8) is 0 Å². The first-order chi connectivity index (χ1) is 12.1. The van der Waals surface area contributed by atoms with E-state index >= 15 is 0 Å². The lowest BCUT2D eigenvalue weighted by Crippen LogP contribution is -2.44. The van der Waals surface area contributed by atoms with Crippen LogP contribution in [0, 0.1) is 5.92 Å². The van der Waals surface area contributed by atoms with Crippen LogP contribution in [-0.4, -0.2) is 51.6 Å². The van der Waals surface area contributed by atoms with Gasteiger partial charge in [-0.25, -0.2) is 13.1 Å². The number of sulfonamides is 1. The molecule has 0 radical (unpaired) electrons. The number of carbonyl (C=O) groups excluding carboxylic acids is 1. The first-order valence-corrected chi connectivity index (χ1v) is 9.67. The van der Waals surface area contributed by atoms with Crippen LogP contribution in [0.25, 0.3) is 0 Å². The van der Waals surface area contributed by atoms with Gasteiger partial charge in [-0.1, -0.05) is 0 Å². The second kappa shape index (κ2) is 8.26. The topological polar surface area (TPSA) is 75.7 Å². The maximum atomic E-state index is 12.4. The predicted octanol–water partition coefficient (Wildman–Crippen LogP) is 2.16. The van der Waals surface area contributed by atoms with E-state index in [0.29, 0.717) is 12.4 Å². The van der Waals surface area contributed by atoms with Gasteiger partial charge in [0.15, 0.2) is 0 Å². The Morgan fingerprint density at radius 2 is 1.81 bits per heavy atom. The van der Waals surface area contributed by atoms with E-state index in [1.165, 1.54) is 29.2 Å². The fourth-order valence-electron chi connectivity index (χ4n) is 2.76. The highest BCUT2D eigenvalue weighted by Crippen LogP contribution is 2.23. The number of halogens is 3. The minimum Gasteiger partial charge on any atom is -0.494 e. The highest BCUT2D eigenvalue weighted by Gasteiger charge is 2.34. The quantitative estimate of drug-likeness (QED) is 0.800. The molecule has 146 valence electrons. The summed E-state index contributed by atoms with van der Waals surface area (Å²) < 4.78 is 68.9. The van der Waals surface area contributed by atoms with Crippen molar-refractivity contribution in [2.75, 3.05) is 26.2 Å². The summed E-state index contributed by atoms with van der Waals surface area (Å²) in [5.41, 5.74) is 0. The van der Waals surface area contributed by atoms with Gasteiger partial charge in [0.05, 0.1) is 18.0 Å². The largest absolute Gasteiger partial charge is 0.494 e. The predicted molar refractivity (Wildman–Crippen MR) is 88.2 cm³/mol. The molecule has 1 aromatic rings. The molecule has 6 nitrogen and oxygen atoms in total. The molecule has 26 heavy (non-hydrogen) atoms. The third-order valence-electron chi connectivity index (χ3n) is 4.04. The van der Waals surface area contributed by atoms with E-state index in [2.05, 4.69) is 0 Å². The molecule has 1 aromatic carbocycles. The highest BCUT2D eigenvalue weighted by atomic mass is 32.2. The lowest BCUT2D eigenvalue weighted by atomic mass is 9.96. The van der Waals surface area contributed by atoms with Crippen molar-refractivity contribution in [1.82, 2.24) is 9.62 Å². The molecular weight excluding hydrogens is 373 g/mol. The van der Waals surface area contributed by atoms with Crippen LogP contribution in [0.1, 0.15) is 19.8 Å². The van der Waals surface area contributed by atoms with E-state index in [0.717, 1.165) is 0 Å². The standard InChI is InChI=1S/C16H21F3N2O4S/c1-2-25-13-3-5-14(6-4-13)26(23,24)20-15(22)12-7-9-21(10-8-12)11-16(17,18)19/h3-6,12H,2,7-11H2,1H3,(H,20,22). The first kappa shape index (κ1) is 20.5. The van der Waals surface area contributed by atoms with Crippen molar-refractivity contribution in [2.45, 2.75) is 30.8 Å². The molecule has 1 aliphatic heterocycles. The Hall–Kier alpha value is -1.81. The van der Waals surface area contributed by atoms with Crippen molar-refractivity contribution in [2.24, 2.45) is 5.92 Å². The number of hydrogen-bond donors (Lipinski definition) is 1. The fraction of sp³-hybridized carbons (Fsp3) is 0.562. The molecule has 1 heterocycles. The SMILES string of the molecule is CCOc1ccc(S(=O)(=O)NC(=O)C2CCN(CC(F)(F)F)CC2)cc1. The van der Waals surface area contributed by atoms with Gasteiger partial charge in [-0.2, -0.15) is 13.2 Å². The van der Waals surface area contributed by atoms with Crippen molar-refractivity contribution in [3.05, 3.63) is 24.3 Å². The van der Waals surface area contributed by atoms with E-state index in [4.69, 9.17) is 4.74 Å². The molecule has 0 saturated carbocycles. The third-order valence-corrected chi connectivity index (χ3v) is 5.40. The van der Waals surface area contributed by atoms with Gasteiger partial charge in [-0.05, 0) is 57.1 Å². The average Bonchev–Trinajstić information content (AvgIpc) is 2.54. The fourth-order valence-corrected chi connectivity index (χ4v) is 3.81. The monoisotopic (exact) mass is 394 g/mol. The van der Waals surface area contributed by atoms with Crippen LogP contribution in [0.4, 0.5) is 13.2 Å². The zero-order valence-corrected chi connectivity index (χ0v) is 15.1. The second-order valence-electron chi connectivity index (χ2n) is 6.04. The van der Waals surface area contributed by atoms with Crippen molar-refractivity contribution in [1.29, 1.82) is 0 Å². The second-order valence-corrected chi connectivity index (χ2v) is 7.72. The smallest absolute Gasteiger partial charge is 0.401 e. The van der Waals surface area contributed by atoms with Crippen LogP contribution in [0.15, 0.2) is 29.2 Å². The van der Waals surface area contributed by atoms with Gasteiger partial charge in [0.25, 0.3) is 10.0 Å². The number of rotatable bonds is 6. The highest BCUT2D eigenvalue weighted by molar-refractivity contribution is 7.90. The van der Waals surface area contributed by atoms with Crippen molar-refractivity contribution < 1.29 is 31.1 Å². The van der Waals surface area contributed by atoms with Gasteiger partial charge >= 0.3 is 6.18 Å². The van der Waals surface area contributed by atoms with Crippen LogP contribution in [0.3, 0.4) is 0 Å². The number of piperidine rings is 1. The molecule has 0 bridgehead atoms. The van der Waals surface area contributed by atoms with Crippen LogP contribution >= 0.6 is 0 Å². The van der Waals surface area contributed by atoms with Gasteiger partial charge in [0, 0.05) is 5.92 Å². The van der Waals surface area contributed by atoms with E-state index in [9.17, 15) is 26.4 Å². The summed E-state index contributed by atoms with van der Waals surface area (Å²) in [6.45, 7) is 1.41. The number of alkyl halides is 3. The van der Waals surface area contributed by atoms with E-state index < -0.39 is 34.6 Å². The maximum Gasteiger partial charge on any atom is 0.401 e. The summed E-state index contributed by atoms with van der Waals surface area (Å²) in [4.78, 5) is 13.3. The summed E-state index contributed by atoms with van der Waals surface area (Å²) in [7, 11) is -4.03. The number of carbonyl (C=O) groups is 1. The molecule has 0 atom stereocenters. The molecule has 1 aliphatic rings. The zero-order chi connectivity index (χ0) is 19.4. The van der Waals surface area contributed by atoms with Gasteiger partial charge in [-0.15, -0.1) is 0 Å². The summed E-state index contributed by atoms with van der Waals surface area (Å²) in [6, 6.07) is 5.62. The maximum absolute atomic E-state index is 12.4. The number of likely N-dealkylation sites (tertiary alicyclic amines) is 1. The van der Waals surface area contributed by atoms with Gasteiger partial charge in [0.1, 0.15) is 5.75 Å². The molecule has 1 N–H and O–H groups in total. The Bertz CT molecular complexity index is 712. The normalized spacial score (nSPS) is 17.1. The Morgan fingerprint density at radius 3 is 2.31 bits per heavy atom. The molecule has 1 fully saturated rings. The van der Waals surface area contributed by atoms with Crippen LogP contribution < -0.4 is 9.46 Å². The minimum atomic E-state index is -4.29. The number of ether oxygens (including phenoxy) is 1. The number of benzene rings is 1. The third kappa shape index (κ3) is 5.87. The van der Waals surface area contributed by atoms with Crippen LogP contribution in [0.2, 0.25) is 0 Å². The Morgan fingerprint density at radius 1 is 1.23 bits per heavy atom. The van der Waals surface area contributed by atoms with Crippen molar-refractivity contribution >= 4 is 15.9 Å². The summed E-state index contributed by atoms with van der Waals surface area (Å²) >= 11 is 0. The Labute approximate surface area is 150 Å². The van der Waals surface area contributed by atoms with Gasteiger partial charge < -0.3 is 4.74 Å². The van der Waals surface area contributed by atoms with E-state index in [1.807, 2.05) is 4.72 Å². The zero-order valence-electron chi connectivity index (χ0n) is 14.3. The van der Waals surface area contributed by atoms with Gasteiger partial charge in [-0.3, -0.25) is 9.69 Å². The molecule has 0 unspecified atom stereocenters. The molecule has 0 spiro atoms. The van der Waals surface area contributed by atoms with Gasteiger partial charge in [0.2, 0.25) is 5.91 Å². The minimum absolute atomic E-state index is 0.0798. The van der Waals surface area contributed by atoms with Crippen LogP contribution in [0.5, 0.6) is 5.75 Å². The van der Waals surface area contributed by atoms with Crippen LogP contribution in [-0.2, 0) is 14.8 Å². The molecule has 1 amide bonds. The Kier molecular flexibility index (Phi) is 6.51. The molecular formula is C16H21F3N2O4S. The number of hydrogen-bond acceptors (Lipinski definition) is 5. The van der Waals surface area contributed by atoms with E-state index in [1.54, 1.807) is 6.92 Å². The number of nitrogens with zero attached hydrogens (tertiary/aromatic N) is 1. The molecule has 10 heteroatoms. The number of amides is 1. The Balaban J connectivity index is 1.92. The molecule has 2 rings (SSSR count). The summed E-state index contributed by atoms with van der Waals surface area (Å²) in [5.74, 6) is -0.808. The molecule has 0 aromatic heterocycles. The summed E-state index contributed by atoms with van der Waals surface area (Å²) in [6.07, 6.45) is -3.92. The lowest BCUT2D eigenvalue weighted by molar-refractivity contribution is -0.149. The van der Waals surface area contributed by atoms with E-state index in [-0.39, 0.29) is 30.8 Å². The average molecular weight is 394 g/mol. The first-order valence-electron chi connectivity index (χ1n) is 8.19. The number of nitrogens with one attached hydrogen (secondary N) is 1. The molecule has 1 saturated heterocycles. The van der Waals surface area contributed by atoms with Crippen molar-refractivity contribution in [3.8, 4) is 5.75 Å². The summed E-state index contributed by atoms with van der Waals surface area (Å²) in [5, 5.41) is 0. The lowest BCUT2D eigenvalue weighted by Gasteiger charge is -2.31. The molecule has 0 aliphatic carbocycles.